The number of carbonyl (C=O) groups is 2. The van der Waals surface area contributed by atoms with Gasteiger partial charge in [-0.3, -0.25) is 4.79 Å². The molecule has 1 rings (SSSR count). The number of amides is 1. The molecule has 5 N–H and O–H groups in total. The minimum absolute atomic E-state index is 0.0350. The van der Waals surface area contributed by atoms with E-state index in [9.17, 15) is 9.59 Å². The fraction of sp³-hybridized carbons (Fsp3) is 0.818. The third-order valence-corrected chi connectivity index (χ3v) is 3.17. The number of aliphatic hydroxyl groups excluding tert-OH is 1. The number of hydrogen-bond donors (Lipinski definition) is 4. The van der Waals surface area contributed by atoms with Crippen LogP contribution in [-0.2, 0) is 9.59 Å². The Hall–Kier alpha value is -1.14. The number of rotatable bonds is 5. The number of nitrogens with one attached hydrogen (secondary N) is 1. The summed E-state index contributed by atoms with van der Waals surface area (Å²) in [5, 5.41) is 20.0. The smallest absolute Gasteiger partial charge is 0.326 e. The SMILES string of the molecule is NC1CCC(C(=O)NC(CCO)C(=O)O)CC1. The molecule has 1 saturated carbocycles. The summed E-state index contributed by atoms with van der Waals surface area (Å²) < 4.78 is 0. The number of nitrogens with two attached hydrogens (primary N) is 1. The van der Waals surface area contributed by atoms with E-state index in [-0.39, 0.29) is 30.9 Å². The van der Waals surface area contributed by atoms with Crippen LogP contribution in [-0.4, -0.2) is 40.8 Å². The second-order valence-corrected chi connectivity index (χ2v) is 4.52. The van der Waals surface area contributed by atoms with E-state index in [1.807, 2.05) is 0 Å². The summed E-state index contributed by atoms with van der Waals surface area (Å²) in [5.41, 5.74) is 5.74. The fourth-order valence-corrected chi connectivity index (χ4v) is 2.06. The van der Waals surface area contributed by atoms with Gasteiger partial charge in [0.25, 0.3) is 0 Å². The van der Waals surface area contributed by atoms with Gasteiger partial charge in [0.1, 0.15) is 6.04 Å². The zero-order valence-corrected chi connectivity index (χ0v) is 9.76. The first-order chi connectivity index (χ1) is 8.04. The molecule has 17 heavy (non-hydrogen) atoms. The molecule has 0 heterocycles. The molecular formula is C11H20N2O4. The van der Waals surface area contributed by atoms with Crippen LogP contribution in [0.4, 0.5) is 0 Å². The first-order valence-corrected chi connectivity index (χ1v) is 5.94. The molecule has 1 atom stereocenters. The van der Waals surface area contributed by atoms with E-state index >= 15 is 0 Å². The lowest BCUT2D eigenvalue weighted by atomic mass is 9.86. The molecule has 0 aromatic carbocycles. The van der Waals surface area contributed by atoms with E-state index in [1.165, 1.54) is 0 Å². The third-order valence-electron chi connectivity index (χ3n) is 3.17. The largest absolute Gasteiger partial charge is 0.480 e. The van der Waals surface area contributed by atoms with Crippen molar-refractivity contribution in [3.63, 3.8) is 0 Å². The van der Waals surface area contributed by atoms with Gasteiger partial charge < -0.3 is 21.3 Å². The fourth-order valence-electron chi connectivity index (χ4n) is 2.06. The van der Waals surface area contributed by atoms with Crippen LogP contribution in [0.2, 0.25) is 0 Å². The van der Waals surface area contributed by atoms with Crippen molar-refractivity contribution >= 4 is 11.9 Å². The summed E-state index contributed by atoms with van der Waals surface area (Å²) in [7, 11) is 0. The quantitative estimate of drug-likeness (QED) is 0.518. The van der Waals surface area contributed by atoms with E-state index in [4.69, 9.17) is 15.9 Å². The predicted molar refractivity (Wildman–Crippen MR) is 61.2 cm³/mol. The maximum atomic E-state index is 11.8. The molecule has 6 heteroatoms. The Morgan fingerprint density at radius 2 is 1.88 bits per heavy atom. The maximum absolute atomic E-state index is 11.8. The van der Waals surface area contributed by atoms with Crippen LogP contribution in [0.1, 0.15) is 32.1 Å². The minimum Gasteiger partial charge on any atom is -0.480 e. The Balaban J connectivity index is 2.44. The van der Waals surface area contributed by atoms with Gasteiger partial charge in [0.05, 0.1) is 0 Å². The third kappa shape index (κ3) is 4.32. The van der Waals surface area contributed by atoms with Gasteiger partial charge in [0.15, 0.2) is 0 Å². The van der Waals surface area contributed by atoms with Crippen molar-refractivity contribution in [3.8, 4) is 0 Å². The van der Waals surface area contributed by atoms with E-state index in [0.29, 0.717) is 12.8 Å². The Kier molecular flexibility index (Phi) is 5.37. The Bertz CT molecular complexity index is 275. The van der Waals surface area contributed by atoms with Crippen LogP contribution in [0.15, 0.2) is 0 Å². The number of aliphatic hydroxyl groups is 1. The van der Waals surface area contributed by atoms with Gasteiger partial charge in [0, 0.05) is 25.0 Å². The first kappa shape index (κ1) is 13.9. The molecule has 0 radical (unpaired) electrons. The molecule has 0 saturated heterocycles. The van der Waals surface area contributed by atoms with Crippen molar-refractivity contribution in [2.45, 2.75) is 44.2 Å². The van der Waals surface area contributed by atoms with Crippen molar-refractivity contribution < 1.29 is 19.8 Å². The monoisotopic (exact) mass is 244 g/mol. The Morgan fingerprint density at radius 1 is 1.29 bits per heavy atom. The second-order valence-electron chi connectivity index (χ2n) is 4.52. The summed E-state index contributed by atoms with van der Waals surface area (Å²) in [6.07, 6.45) is 3.05. The zero-order valence-electron chi connectivity index (χ0n) is 9.76. The van der Waals surface area contributed by atoms with Gasteiger partial charge in [-0.05, 0) is 25.7 Å². The molecule has 0 spiro atoms. The Labute approximate surface area is 100 Å². The van der Waals surface area contributed by atoms with Crippen LogP contribution < -0.4 is 11.1 Å². The Morgan fingerprint density at radius 3 is 2.35 bits per heavy atom. The summed E-state index contributed by atoms with van der Waals surface area (Å²) >= 11 is 0. The molecule has 0 bridgehead atoms. The van der Waals surface area contributed by atoms with E-state index in [1.54, 1.807) is 0 Å². The molecular weight excluding hydrogens is 224 g/mol. The lowest BCUT2D eigenvalue weighted by molar-refractivity contribution is -0.143. The van der Waals surface area contributed by atoms with Gasteiger partial charge in [-0.1, -0.05) is 0 Å². The second kappa shape index (κ2) is 6.56. The van der Waals surface area contributed by atoms with Gasteiger partial charge in [0.2, 0.25) is 5.91 Å². The number of carboxylic acid groups (broad SMARTS) is 1. The minimum atomic E-state index is -1.11. The summed E-state index contributed by atoms with van der Waals surface area (Å²) in [5.74, 6) is -1.49. The standard InChI is InChI=1S/C11H20N2O4/c12-8-3-1-7(2-4-8)10(15)13-9(5-6-14)11(16)17/h7-9,14H,1-6,12H2,(H,13,15)(H,16,17). The highest BCUT2D eigenvalue weighted by atomic mass is 16.4. The van der Waals surface area contributed by atoms with Crippen molar-refractivity contribution in [3.05, 3.63) is 0 Å². The van der Waals surface area contributed by atoms with Crippen molar-refractivity contribution in [1.29, 1.82) is 0 Å². The van der Waals surface area contributed by atoms with E-state index < -0.39 is 12.0 Å². The van der Waals surface area contributed by atoms with Crippen LogP contribution in [0.5, 0.6) is 0 Å². The number of carbonyl (C=O) groups excluding carboxylic acids is 1. The van der Waals surface area contributed by atoms with E-state index in [2.05, 4.69) is 5.32 Å². The number of aliphatic carboxylic acids is 1. The topological polar surface area (TPSA) is 113 Å². The highest BCUT2D eigenvalue weighted by molar-refractivity contribution is 5.85. The molecule has 1 amide bonds. The average Bonchev–Trinajstić information content (AvgIpc) is 2.29. The van der Waals surface area contributed by atoms with Crippen LogP contribution in [0.3, 0.4) is 0 Å². The molecule has 1 aliphatic rings. The first-order valence-electron chi connectivity index (χ1n) is 5.94. The van der Waals surface area contributed by atoms with Gasteiger partial charge in [-0.2, -0.15) is 0 Å². The van der Waals surface area contributed by atoms with Crippen molar-refractivity contribution in [2.24, 2.45) is 11.7 Å². The lowest BCUT2D eigenvalue weighted by Crippen LogP contribution is -2.45. The van der Waals surface area contributed by atoms with Crippen LogP contribution in [0.25, 0.3) is 0 Å². The summed E-state index contributed by atoms with van der Waals surface area (Å²) in [6, 6.07) is -0.838. The molecule has 0 aliphatic heterocycles. The molecule has 0 aromatic rings. The molecule has 1 aliphatic carbocycles. The highest BCUT2D eigenvalue weighted by Crippen LogP contribution is 2.23. The van der Waals surface area contributed by atoms with Crippen LogP contribution >= 0.6 is 0 Å². The molecule has 1 fully saturated rings. The summed E-state index contributed by atoms with van der Waals surface area (Å²) in [4.78, 5) is 22.6. The lowest BCUT2D eigenvalue weighted by Gasteiger charge is -2.26. The summed E-state index contributed by atoms with van der Waals surface area (Å²) in [6.45, 7) is -0.257. The molecule has 98 valence electrons. The van der Waals surface area contributed by atoms with Gasteiger partial charge >= 0.3 is 5.97 Å². The van der Waals surface area contributed by atoms with Crippen molar-refractivity contribution in [1.82, 2.24) is 5.32 Å². The normalized spacial score (nSPS) is 26.2. The zero-order chi connectivity index (χ0) is 12.8. The maximum Gasteiger partial charge on any atom is 0.326 e. The molecule has 0 aromatic heterocycles. The number of carboxylic acids is 1. The van der Waals surface area contributed by atoms with Gasteiger partial charge in [-0.15, -0.1) is 0 Å². The average molecular weight is 244 g/mol. The predicted octanol–water partition coefficient (Wildman–Crippen LogP) is -0.544. The van der Waals surface area contributed by atoms with Crippen LogP contribution in [0, 0.1) is 5.92 Å². The molecule has 6 nitrogen and oxygen atoms in total. The van der Waals surface area contributed by atoms with Gasteiger partial charge in [-0.25, -0.2) is 4.79 Å². The molecule has 1 unspecified atom stereocenters. The van der Waals surface area contributed by atoms with E-state index in [0.717, 1.165) is 12.8 Å². The highest BCUT2D eigenvalue weighted by Gasteiger charge is 2.27. The van der Waals surface area contributed by atoms with Crippen molar-refractivity contribution in [2.75, 3.05) is 6.61 Å². The number of hydrogen-bond acceptors (Lipinski definition) is 4.